The van der Waals surface area contributed by atoms with Gasteiger partial charge in [0.2, 0.25) is 0 Å². The summed E-state index contributed by atoms with van der Waals surface area (Å²) in [5.41, 5.74) is 1.87. The van der Waals surface area contributed by atoms with Crippen LogP contribution < -0.4 is 0 Å². The Labute approximate surface area is 91.3 Å². The first kappa shape index (κ1) is 11.8. The molecule has 0 bridgehead atoms. The van der Waals surface area contributed by atoms with Gasteiger partial charge in [0.1, 0.15) is 5.76 Å². The predicted octanol–water partition coefficient (Wildman–Crippen LogP) is 3.51. The van der Waals surface area contributed by atoms with E-state index in [4.69, 9.17) is 4.74 Å². The second-order valence-corrected chi connectivity index (χ2v) is 3.58. The van der Waals surface area contributed by atoms with Crippen LogP contribution in [0.25, 0.3) is 0 Å². The minimum Gasteiger partial charge on any atom is -0.423 e. The molecule has 1 aliphatic heterocycles. The summed E-state index contributed by atoms with van der Waals surface area (Å²) in [5.74, 6) is 0.620. The summed E-state index contributed by atoms with van der Waals surface area (Å²) in [6.07, 6.45) is 9.95. The molecule has 0 aromatic rings. The second-order valence-electron chi connectivity index (χ2n) is 3.58. The van der Waals surface area contributed by atoms with Gasteiger partial charge >= 0.3 is 5.97 Å². The van der Waals surface area contributed by atoms with E-state index in [0.717, 1.165) is 42.6 Å². The third-order valence-electron chi connectivity index (χ3n) is 2.51. The summed E-state index contributed by atoms with van der Waals surface area (Å²) >= 11 is 0. The average Bonchev–Trinajstić information content (AvgIpc) is 2.54. The van der Waals surface area contributed by atoms with E-state index in [1.165, 1.54) is 0 Å². The Balaban J connectivity index is 0.00000112. The quantitative estimate of drug-likeness (QED) is 0.646. The molecule has 0 unspecified atom stereocenters. The molecule has 2 nitrogen and oxygen atoms in total. The summed E-state index contributed by atoms with van der Waals surface area (Å²) in [6, 6.07) is 0. The number of allylic oxidation sites excluding steroid dienone is 3. The molecule has 0 N–H and O–H groups in total. The number of esters is 1. The van der Waals surface area contributed by atoms with Crippen LogP contribution in [-0.2, 0) is 9.53 Å². The highest BCUT2D eigenvalue weighted by Crippen LogP contribution is 2.33. The minimum atomic E-state index is -0.182. The van der Waals surface area contributed by atoms with Gasteiger partial charge in [-0.3, -0.25) is 0 Å². The van der Waals surface area contributed by atoms with Crippen molar-refractivity contribution in [3.05, 3.63) is 35.1 Å². The van der Waals surface area contributed by atoms with Gasteiger partial charge in [-0.25, -0.2) is 4.79 Å². The fourth-order valence-corrected chi connectivity index (χ4v) is 1.77. The Morgan fingerprint density at radius 1 is 1.53 bits per heavy atom. The Hall–Kier alpha value is -1.31. The molecule has 0 amide bonds. The summed E-state index contributed by atoms with van der Waals surface area (Å²) in [4.78, 5) is 11.4. The van der Waals surface area contributed by atoms with Crippen molar-refractivity contribution in [1.82, 2.24) is 0 Å². The zero-order valence-electron chi connectivity index (χ0n) is 8.38. The Morgan fingerprint density at radius 2 is 2.33 bits per heavy atom. The molecule has 82 valence electrons. The van der Waals surface area contributed by atoms with Crippen LogP contribution in [0, 0.1) is 0 Å². The summed E-state index contributed by atoms with van der Waals surface area (Å²) in [5, 5.41) is 0. The molecule has 2 rings (SSSR count). The van der Waals surface area contributed by atoms with E-state index in [1.54, 1.807) is 0 Å². The van der Waals surface area contributed by atoms with E-state index >= 15 is 0 Å². The summed E-state index contributed by atoms with van der Waals surface area (Å²) < 4.78 is 5.21. The molecule has 0 aromatic heterocycles. The van der Waals surface area contributed by atoms with Gasteiger partial charge in [0.05, 0.1) is 5.57 Å². The number of carbonyl (C=O) groups is 1. The molecule has 1 aliphatic carbocycles. The van der Waals surface area contributed by atoms with Gasteiger partial charge in [0.25, 0.3) is 0 Å². The first-order chi connectivity index (χ1) is 6.83. The molecule has 2 heteroatoms. The fourth-order valence-electron chi connectivity index (χ4n) is 1.77. The lowest BCUT2D eigenvalue weighted by atomic mass is 9.97. The highest BCUT2D eigenvalue weighted by molar-refractivity contribution is 5.97. The number of hydrogen-bond acceptors (Lipinski definition) is 2. The normalized spacial score (nSPS) is 21.4. The zero-order valence-corrected chi connectivity index (χ0v) is 8.38. The highest BCUT2D eigenvalue weighted by atomic mass is 16.5. The first-order valence-electron chi connectivity index (χ1n) is 5.15. The van der Waals surface area contributed by atoms with E-state index in [9.17, 15) is 4.79 Å². The standard InChI is InChI=1S/C12H14O2.CH4/c1-2-3-8-11-9-6-4-5-7-10(9)12(13)14-11;/h5,7-8H,2-4,6H2,1H3;1H4/b11-8-;. The van der Waals surface area contributed by atoms with Gasteiger partial charge in [0, 0.05) is 5.57 Å². The number of unbranched alkanes of at least 4 members (excludes halogenated alkanes) is 1. The molecule has 0 atom stereocenters. The number of hydrogen-bond donors (Lipinski definition) is 0. The molecule has 2 aliphatic rings. The molecule has 0 spiro atoms. The van der Waals surface area contributed by atoms with Gasteiger partial charge in [-0.1, -0.05) is 32.9 Å². The van der Waals surface area contributed by atoms with Gasteiger partial charge in [-0.15, -0.1) is 0 Å². The van der Waals surface area contributed by atoms with E-state index < -0.39 is 0 Å². The van der Waals surface area contributed by atoms with Gasteiger partial charge in [-0.05, 0) is 25.3 Å². The Bertz CT molecular complexity index is 346. The smallest absolute Gasteiger partial charge is 0.343 e. The molecule has 0 saturated carbocycles. The summed E-state index contributed by atoms with van der Waals surface area (Å²) in [6.45, 7) is 2.11. The molecular formula is C13H18O2. The van der Waals surface area contributed by atoms with Crippen molar-refractivity contribution in [2.45, 2.75) is 40.0 Å². The topological polar surface area (TPSA) is 26.3 Å². The van der Waals surface area contributed by atoms with Crippen molar-refractivity contribution in [1.29, 1.82) is 0 Å². The first-order valence-corrected chi connectivity index (χ1v) is 5.15. The molecule has 0 fully saturated rings. The Kier molecular flexibility index (Phi) is 3.89. The fraction of sp³-hybridized carbons (Fsp3) is 0.462. The molecular weight excluding hydrogens is 188 g/mol. The van der Waals surface area contributed by atoms with Crippen LogP contribution >= 0.6 is 0 Å². The SMILES string of the molecule is C.CCC/C=C1\OC(=O)C2=C1CCC=C2. The van der Waals surface area contributed by atoms with Crippen LogP contribution in [0.15, 0.2) is 35.1 Å². The van der Waals surface area contributed by atoms with Crippen LogP contribution in [0.4, 0.5) is 0 Å². The van der Waals surface area contributed by atoms with Crippen molar-refractivity contribution in [2.75, 3.05) is 0 Å². The van der Waals surface area contributed by atoms with Crippen LogP contribution in [-0.4, -0.2) is 5.97 Å². The zero-order chi connectivity index (χ0) is 9.97. The van der Waals surface area contributed by atoms with Gasteiger partial charge in [-0.2, -0.15) is 0 Å². The lowest BCUT2D eigenvalue weighted by molar-refractivity contribution is -0.132. The third-order valence-corrected chi connectivity index (χ3v) is 2.51. The molecule has 15 heavy (non-hydrogen) atoms. The van der Waals surface area contributed by atoms with Crippen LogP contribution in [0.3, 0.4) is 0 Å². The maximum atomic E-state index is 11.4. The average molecular weight is 206 g/mol. The molecule has 0 aromatic carbocycles. The van der Waals surface area contributed by atoms with Crippen LogP contribution in [0.5, 0.6) is 0 Å². The van der Waals surface area contributed by atoms with E-state index in [1.807, 2.05) is 18.2 Å². The van der Waals surface area contributed by atoms with E-state index in [0.29, 0.717) is 0 Å². The number of cyclic esters (lactones) is 1. The van der Waals surface area contributed by atoms with Gasteiger partial charge < -0.3 is 4.74 Å². The van der Waals surface area contributed by atoms with Crippen LogP contribution in [0.2, 0.25) is 0 Å². The number of rotatable bonds is 2. The van der Waals surface area contributed by atoms with Crippen molar-refractivity contribution >= 4 is 5.97 Å². The van der Waals surface area contributed by atoms with E-state index in [2.05, 4.69) is 6.92 Å². The molecule has 1 heterocycles. The molecule has 0 saturated heterocycles. The number of ether oxygens (including phenoxy) is 1. The molecule has 0 radical (unpaired) electrons. The lowest BCUT2D eigenvalue weighted by Crippen LogP contribution is -1.97. The maximum Gasteiger partial charge on any atom is 0.343 e. The third kappa shape index (κ3) is 2.20. The van der Waals surface area contributed by atoms with E-state index in [-0.39, 0.29) is 13.4 Å². The van der Waals surface area contributed by atoms with Crippen molar-refractivity contribution in [3.63, 3.8) is 0 Å². The summed E-state index contributed by atoms with van der Waals surface area (Å²) in [7, 11) is 0. The van der Waals surface area contributed by atoms with Crippen molar-refractivity contribution < 1.29 is 9.53 Å². The van der Waals surface area contributed by atoms with Crippen molar-refractivity contribution in [2.24, 2.45) is 0 Å². The highest BCUT2D eigenvalue weighted by Gasteiger charge is 2.28. The van der Waals surface area contributed by atoms with Crippen LogP contribution in [0.1, 0.15) is 40.0 Å². The van der Waals surface area contributed by atoms with Crippen molar-refractivity contribution in [3.8, 4) is 0 Å². The second kappa shape index (κ2) is 4.96. The maximum absolute atomic E-state index is 11.4. The monoisotopic (exact) mass is 206 g/mol. The predicted molar refractivity (Wildman–Crippen MR) is 61.2 cm³/mol. The largest absolute Gasteiger partial charge is 0.423 e. The Morgan fingerprint density at radius 3 is 3.07 bits per heavy atom. The lowest BCUT2D eigenvalue weighted by Gasteiger charge is -2.05. The minimum absolute atomic E-state index is 0. The number of carbonyl (C=O) groups excluding carboxylic acids is 1. The van der Waals surface area contributed by atoms with Gasteiger partial charge in [0.15, 0.2) is 0 Å².